The molecule has 2 unspecified atom stereocenters. The third-order valence-corrected chi connectivity index (χ3v) is 11.0. The smallest absolute Gasteiger partial charge is 0.457 e. The van der Waals surface area contributed by atoms with E-state index in [0.717, 1.165) is 135 Å². The van der Waals surface area contributed by atoms with E-state index in [-0.39, 0.29) is 32.3 Å². The molecule has 0 aliphatic rings. The maximum absolute atomic E-state index is 12.7. The van der Waals surface area contributed by atoms with Gasteiger partial charge in [0, 0.05) is 19.6 Å². The zero-order valence-corrected chi connectivity index (χ0v) is 42.5. The Hall–Kier alpha value is -3.36. The normalized spacial score (nSPS) is 14.4. The molecule has 0 saturated carbocycles. The highest BCUT2D eigenvalue weighted by Gasteiger charge is 2.25. The Labute approximate surface area is 404 Å². The summed E-state index contributed by atoms with van der Waals surface area (Å²) in [6.07, 6.45) is 74.8. The number of hydrogen-bond acceptors (Lipinski definition) is 7. The van der Waals surface area contributed by atoms with Crippen molar-refractivity contribution in [2.45, 2.75) is 187 Å². The fourth-order valence-electron chi connectivity index (χ4n) is 6.38. The number of unbranched alkanes of at least 4 members (excludes halogenated alkanes) is 12. The number of hydrogen-bond donors (Lipinski definition) is 2. The molecule has 374 valence electrons. The first-order valence-electron chi connectivity index (χ1n) is 25.7. The maximum Gasteiger partial charge on any atom is 0.472 e. The summed E-state index contributed by atoms with van der Waals surface area (Å²) in [6, 6.07) is 0. The van der Waals surface area contributed by atoms with Crippen LogP contribution in [0, 0.1) is 0 Å². The van der Waals surface area contributed by atoms with Crippen LogP contribution < -0.4 is 5.73 Å². The van der Waals surface area contributed by atoms with Gasteiger partial charge >= 0.3 is 13.8 Å². The predicted octanol–water partition coefficient (Wildman–Crippen LogP) is 16.3. The van der Waals surface area contributed by atoms with Crippen molar-refractivity contribution in [3.8, 4) is 0 Å². The van der Waals surface area contributed by atoms with Gasteiger partial charge in [-0.25, -0.2) is 4.57 Å². The Morgan fingerprint density at radius 3 is 1.20 bits per heavy atom. The molecular formula is C57H94NO7P. The molecule has 0 spiro atoms. The summed E-state index contributed by atoms with van der Waals surface area (Å²) in [7, 11) is -4.30. The quantitative estimate of drug-likeness (QED) is 0.0268. The Morgan fingerprint density at radius 2 is 0.803 bits per heavy atom. The van der Waals surface area contributed by atoms with Gasteiger partial charge in [-0.3, -0.25) is 13.8 Å². The molecule has 0 aromatic heterocycles. The lowest BCUT2D eigenvalue weighted by atomic mass is 10.1. The summed E-state index contributed by atoms with van der Waals surface area (Å²) in [5.74, 6) is -0.355. The first-order chi connectivity index (χ1) is 32.4. The van der Waals surface area contributed by atoms with Gasteiger partial charge in [0.2, 0.25) is 0 Å². The van der Waals surface area contributed by atoms with E-state index in [4.69, 9.17) is 24.3 Å². The van der Waals surface area contributed by atoms with E-state index in [1.165, 1.54) is 25.7 Å². The largest absolute Gasteiger partial charge is 0.472 e. The van der Waals surface area contributed by atoms with E-state index in [9.17, 15) is 14.3 Å². The minimum Gasteiger partial charge on any atom is -0.457 e. The average molecular weight is 936 g/mol. The Kier molecular flexibility index (Phi) is 49.9. The van der Waals surface area contributed by atoms with Crippen LogP contribution in [0.15, 0.2) is 134 Å². The molecule has 0 rings (SSSR count). The lowest BCUT2D eigenvalue weighted by molar-refractivity contribution is -0.154. The van der Waals surface area contributed by atoms with Gasteiger partial charge < -0.3 is 20.1 Å². The highest BCUT2D eigenvalue weighted by Crippen LogP contribution is 2.43. The van der Waals surface area contributed by atoms with Gasteiger partial charge in [0.15, 0.2) is 0 Å². The Bertz CT molecular complexity index is 1470. The summed E-state index contributed by atoms with van der Waals surface area (Å²) >= 11 is 0. The third-order valence-electron chi connectivity index (χ3n) is 10.1. The number of phosphoric ester groups is 1. The van der Waals surface area contributed by atoms with E-state index in [1.807, 2.05) is 0 Å². The molecule has 8 nitrogen and oxygen atoms in total. The van der Waals surface area contributed by atoms with Crippen LogP contribution in [-0.4, -0.2) is 49.9 Å². The van der Waals surface area contributed by atoms with Gasteiger partial charge in [0.05, 0.1) is 19.8 Å². The van der Waals surface area contributed by atoms with Crippen molar-refractivity contribution in [3.63, 3.8) is 0 Å². The van der Waals surface area contributed by atoms with Crippen LogP contribution in [0.25, 0.3) is 0 Å². The standard InChI is InChI=1S/C57H94NO7P/c1-3-5-7-9-11-13-15-17-19-21-23-25-27-29-31-33-35-37-39-41-43-45-47-49-52-62-54-56(55-64-66(60,61)63-53-51-58)65-57(59)50-48-46-44-42-40-38-36-34-32-30-28-26-24-22-20-18-16-14-12-10-8-6-4-2/h5-8,11-14,17-20,23-26,29-32,35,37,56H,3-4,9-10,15-16,21-22,27-28,33-34,36,38-55,58H2,1-2H3,(H,60,61)/b7-5-,8-6-,13-11-,14-12-,19-17-,20-18-,25-23-,26-24-,31-29-,32-30-,37-35-. The molecular weight excluding hydrogens is 842 g/mol. The van der Waals surface area contributed by atoms with Gasteiger partial charge in [0.1, 0.15) is 6.10 Å². The zero-order valence-electron chi connectivity index (χ0n) is 41.6. The van der Waals surface area contributed by atoms with E-state index in [2.05, 4.69) is 148 Å². The van der Waals surface area contributed by atoms with E-state index in [1.54, 1.807) is 0 Å². The summed E-state index contributed by atoms with van der Waals surface area (Å²) in [6.45, 7) is 4.60. The molecule has 0 fully saturated rings. The second-order valence-electron chi connectivity index (χ2n) is 16.3. The molecule has 0 aromatic rings. The van der Waals surface area contributed by atoms with Gasteiger partial charge in [-0.05, 0) is 109 Å². The van der Waals surface area contributed by atoms with Gasteiger partial charge in [-0.2, -0.15) is 0 Å². The summed E-state index contributed by atoms with van der Waals surface area (Å²) < 4.78 is 33.6. The lowest BCUT2D eigenvalue weighted by Gasteiger charge is -2.20. The van der Waals surface area contributed by atoms with Crippen molar-refractivity contribution in [1.29, 1.82) is 0 Å². The molecule has 0 bridgehead atoms. The van der Waals surface area contributed by atoms with E-state index < -0.39 is 13.9 Å². The van der Waals surface area contributed by atoms with Gasteiger partial charge in [-0.1, -0.05) is 199 Å². The summed E-state index contributed by atoms with van der Waals surface area (Å²) in [5, 5.41) is 0. The maximum atomic E-state index is 12.7. The highest BCUT2D eigenvalue weighted by molar-refractivity contribution is 7.47. The topological polar surface area (TPSA) is 117 Å². The van der Waals surface area contributed by atoms with Crippen molar-refractivity contribution in [2.75, 3.05) is 33.0 Å². The fourth-order valence-corrected chi connectivity index (χ4v) is 7.14. The van der Waals surface area contributed by atoms with Gasteiger partial charge in [0.25, 0.3) is 0 Å². The molecule has 3 N–H and O–H groups in total. The first kappa shape index (κ1) is 62.6. The molecule has 0 aliphatic heterocycles. The number of esters is 1. The number of carbonyl (C=O) groups excluding carboxylic acids is 1. The van der Waals surface area contributed by atoms with Crippen LogP contribution >= 0.6 is 7.82 Å². The number of rotatable bonds is 47. The minimum absolute atomic E-state index is 0.0864. The van der Waals surface area contributed by atoms with Crippen LogP contribution in [0.3, 0.4) is 0 Å². The molecule has 9 heteroatoms. The summed E-state index contributed by atoms with van der Waals surface area (Å²) in [4.78, 5) is 22.6. The van der Waals surface area contributed by atoms with Crippen LogP contribution in [0.2, 0.25) is 0 Å². The third kappa shape index (κ3) is 51.6. The number of nitrogens with two attached hydrogens (primary N) is 1. The molecule has 0 aromatic carbocycles. The lowest BCUT2D eigenvalue weighted by Crippen LogP contribution is -2.28. The second-order valence-corrected chi connectivity index (χ2v) is 17.7. The fraction of sp³-hybridized carbons (Fsp3) is 0.596. The molecule has 66 heavy (non-hydrogen) atoms. The molecule has 0 radical (unpaired) electrons. The number of phosphoric acid groups is 1. The van der Waals surface area contributed by atoms with E-state index in [0.29, 0.717) is 13.0 Å². The SMILES string of the molecule is CC/C=C\C/C=C\C/C=C\C/C=C\C/C=C\C/C=C\CCCCCCCOCC(COP(=O)(O)OCCN)OC(=O)CCCCCCCCC/C=C\C/C=C\C/C=C\C/C=C\C/C=C\CC. The molecule has 0 saturated heterocycles. The van der Waals surface area contributed by atoms with Crippen LogP contribution in [0.1, 0.15) is 181 Å². The number of allylic oxidation sites excluding steroid dienone is 22. The van der Waals surface area contributed by atoms with Crippen molar-refractivity contribution in [3.05, 3.63) is 134 Å². The van der Waals surface area contributed by atoms with Gasteiger partial charge in [-0.15, -0.1) is 0 Å². The second kappa shape index (κ2) is 52.6. The van der Waals surface area contributed by atoms with Crippen molar-refractivity contribution in [2.24, 2.45) is 5.73 Å². The highest BCUT2D eigenvalue weighted by atomic mass is 31.2. The van der Waals surface area contributed by atoms with Crippen LogP contribution in [0.5, 0.6) is 0 Å². The Morgan fingerprint density at radius 1 is 0.455 bits per heavy atom. The molecule has 0 amide bonds. The molecule has 0 heterocycles. The predicted molar refractivity (Wildman–Crippen MR) is 283 cm³/mol. The van der Waals surface area contributed by atoms with Crippen molar-refractivity contribution < 1.29 is 32.8 Å². The van der Waals surface area contributed by atoms with Crippen LogP contribution in [0.4, 0.5) is 0 Å². The Balaban J connectivity index is 4.08. The first-order valence-corrected chi connectivity index (χ1v) is 27.2. The van der Waals surface area contributed by atoms with E-state index >= 15 is 0 Å². The zero-order chi connectivity index (χ0) is 48.0. The summed E-state index contributed by atoms with van der Waals surface area (Å²) in [5.41, 5.74) is 5.39. The van der Waals surface area contributed by atoms with Crippen molar-refractivity contribution >= 4 is 13.8 Å². The van der Waals surface area contributed by atoms with Crippen LogP contribution in [-0.2, 0) is 27.9 Å². The number of ether oxygens (including phenoxy) is 2. The minimum atomic E-state index is -4.30. The molecule has 2 atom stereocenters. The monoisotopic (exact) mass is 936 g/mol. The molecule has 0 aliphatic carbocycles. The average Bonchev–Trinajstić information content (AvgIpc) is 3.31. The number of carbonyl (C=O) groups is 1. The van der Waals surface area contributed by atoms with Crippen molar-refractivity contribution in [1.82, 2.24) is 0 Å².